The average Bonchev–Trinajstić information content (AvgIpc) is 3.01. The summed E-state index contributed by atoms with van der Waals surface area (Å²) in [6.07, 6.45) is 4.37. The van der Waals surface area contributed by atoms with E-state index in [4.69, 9.17) is 0 Å². The number of sulfonamides is 1. The maximum absolute atomic E-state index is 12.6. The lowest BCUT2D eigenvalue weighted by Gasteiger charge is -2.39. The van der Waals surface area contributed by atoms with Crippen LogP contribution in [0.2, 0.25) is 0 Å². The molecule has 1 heterocycles. The topological polar surface area (TPSA) is 76.9 Å². The van der Waals surface area contributed by atoms with Gasteiger partial charge >= 0.3 is 0 Å². The van der Waals surface area contributed by atoms with Crippen LogP contribution in [0.3, 0.4) is 0 Å². The molecule has 0 aliphatic heterocycles. The minimum Gasteiger partial charge on any atom is -0.314 e. The van der Waals surface area contributed by atoms with Gasteiger partial charge in [-0.1, -0.05) is 32.0 Å². The van der Waals surface area contributed by atoms with Crippen LogP contribution in [-0.4, -0.2) is 29.2 Å². The second kappa shape index (κ2) is 7.25. The number of benzene rings is 1. The molecular formula is C18H26N4O2S. The Bertz CT molecular complexity index is 801. The summed E-state index contributed by atoms with van der Waals surface area (Å²) in [4.78, 5) is 0.318. The van der Waals surface area contributed by atoms with Gasteiger partial charge in [-0.05, 0) is 50.2 Å². The lowest BCUT2D eigenvalue weighted by molar-refractivity contribution is 0.162. The van der Waals surface area contributed by atoms with E-state index >= 15 is 0 Å². The first-order valence-electron chi connectivity index (χ1n) is 8.82. The van der Waals surface area contributed by atoms with Crippen LogP contribution in [0.5, 0.6) is 0 Å². The number of hydrogen-bond acceptors (Lipinski definition) is 4. The molecule has 0 amide bonds. The molecule has 0 saturated heterocycles. The number of hydrogen-bond donors (Lipinski definition) is 1. The third-order valence-electron chi connectivity index (χ3n) is 5.21. The molecule has 136 valence electrons. The molecule has 1 aliphatic carbocycles. The Hall–Kier alpha value is -1.73. The highest BCUT2D eigenvalue weighted by molar-refractivity contribution is 7.89. The van der Waals surface area contributed by atoms with Crippen molar-refractivity contribution in [3.8, 4) is 0 Å². The number of nitrogens with one attached hydrogen (secondary N) is 1. The summed E-state index contributed by atoms with van der Waals surface area (Å²) in [7, 11) is -3.49. The number of aryl methyl sites for hydroxylation is 1. The average molecular weight is 362 g/mol. The van der Waals surface area contributed by atoms with Crippen molar-refractivity contribution in [2.75, 3.05) is 0 Å². The van der Waals surface area contributed by atoms with Crippen molar-refractivity contribution in [2.24, 2.45) is 11.8 Å². The van der Waals surface area contributed by atoms with E-state index in [1.807, 2.05) is 13.0 Å². The zero-order valence-electron chi connectivity index (χ0n) is 15.0. The number of aromatic nitrogens is 3. The normalized spacial score (nSPS) is 24.6. The standard InChI is InChI=1S/C18H26N4O2S/c1-13(2)17-10-9-15(11-18(17)22-12-19-20-14(22)3)21-25(23,24)16-7-5-4-6-8-16/h4-8,12-13,15,17-18,21H,9-11H2,1-3H3/t15-,17?,18+/m0/s1. The van der Waals surface area contributed by atoms with Crippen LogP contribution in [0.4, 0.5) is 0 Å². The Morgan fingerprint density at radius 2 is 1.92 bits per heavy atom. The van der Waals surface area contributed by atoms with E-state index in [0.29, 0.717) is 16.7 Å². The molecular weight excluding hydrogens is 336 g/mol. The Balaban J connectivity index is 1.80. The van der Waals surface area contributed by atoms with Gasteiger partial charge in [0.1, 0.15) is 12.2 Å². The highest BCUT2D eigenvalue weighted by Gasteiger charge is 2.35. The van der Waals surface area contributed by atoms with Gasteiger partial charge in [0.15, 0.2) is 0 Å². The molecule has 0 bridgehead atoms. The molecule has 1 aromatic heterocycles. The van der Waals surface area contributed by atoms with Crippen LogP contribution in [0.25, 0.3) is 0 Å². The van der Waals surface area contributed by atoms with Gasteiger partial charge in [-0.15, -0.1) is 10.2 Å². The molecule has 1 fully saturated rings. The van der Waals surface area contributed by atoms with Gasteiger partial charge in [-0.25, -0.2) is 13.1 Å². The summed E-state index contributed by atoms with van der Waals surface area (Å²) in [5.74, 6) is 1.90. The third kappa shape index (κ3) is 3.93. The molecule has 1 saturated carbocycles. The zero-order valence-corrected chi connectivity index (χ0v) is 15.8. The predicted molar refractivity (Wildman–Crippen MR) is 96.5 cm³/mol. The largest absolute Gasteiger partial charge is 0.314 e. The molecule has 3 atom stereocenters. The maximum Gasteiger partial charge on any atom is 0.240 e. The minimum atomic E-state index is -3.49. The summed E-state index contributed by atoms with van der Waals surface area (Å²) in [6, 6.07) is 8.70. The van der Waals surface area contributed by atoms with Crippen molar-refractivity contribution in [1.29, 1.82) is 0 Å². The van der Waals surface area contributed by atoms with Crippen molar-refractivity contribution in [1.82, 2.24) is 19.5 Å². The highest BCUT2D eigenvalue weighted by Crippen LogP contribution is 2.39. The van der Waals surface area contributed by atoms with Gasteiger partial charge < -0.3 is 4.57 Å². The first kappa shape index (κ1) is 18.1. The molecule has 0 radical (unpaired) electrons. The number of nitrogens with zero attached hydrogens (tertiary/aromatic N) is 3. The SMILES string of the molecule is Cc1nncn1[C@@H]1C[C@@H](NS(=O)(=O)c2ccccc2)CCC1C(C)C. The summed E-state index contributed by atoms with van der Waals surface area (Å²) in [5, 5.41) is 8.12. The van der Waals surface area contributed by atoms with Crippen LogP contribution in [0.15, 0.2) is 41.6 Å². The van der Waals surface area contributed by atoms with Crippen LogP contribution in [0, 0.1) is 18.8 Å². The summed E-state index contributed by atoms with van der Waals surface area (Å²) in [5.41, 5.74) is 0. The van der Waals surface area contributed by atoms with Crippen LogP contribution in [0.1, 0.15) is 45.0 Å². The predicted octanol–water partition coefficient (Wildman–Crippen LogP) is 2.93. The molecule has 7 heteroatoms. The smallest absolute Gasteiger partial charge is 0.240 e. The van der Waals surface area contributed by atoms with Gasteiger partial charge in [-0.2, -0.15) is 0 Å². The van der Waals surface area contributed by atoms with Crippen molar-refractivity contribution in [3.05, 3.63) is 42.5 Å². The van der Waals surface area contributed by atoms with E-state index in [2.05, 4.69) is 33.3 Å². The van der Waals surface area contributed by atoms with E-state index in [1.54, 1.807) is 30.6 Å². The lowest BCUT2D eigenvalue weighted by Crippen LogP contribution is -2.42. The molecule has 0 spiro atoms. The van der Waals surface area contributed by atoms with E-state index in [-0.39, 0.29) is 12.1 Å². The van der Waals surface area contributed by atoms with Gasteiger partial charge in [-0.3, -0.25) is 0 Å². The van der Waals surface area contributed by atoms with Crippen LogP contribution < -0.4 is 4.72 Å². The molecule has 2 aromatic rings. The fourth-order valence-corrected chi connectivity index (χ4v) is 5.19. The Morgan fingerprint density at radius 3 is 2.52 bits per heavy atom. The third-order valence-corrected chi connectivity index (χ3v) is 6.75. The van der Waals surface area contributed by atoms with E-state index in [1.165, 1.54) is 0 Å². The second-order valence-corrected chi connectivity index (χ2v) is 8.92. The van der Waals surface area contributed by atoms with Gasteiger partial charge in [0, 0.05) is 12.1 Å². The Labute approximate surface area is 149 Å². The zero-order chi connectivity index (χ0) is 18.0. The van der Waals surface area contributed by atoms with E-state index in [9.17, 15) is 8.42 Å². The fourth-order valence-electron chi connectivity index (χ4n) is 3.89. The maximum atomic E-state index is 12.6. The molecule has 1 N–H and O–H groups in total. The van der Waals surface area contributed by atoms with Crippen LogP contribution in [-0.2, 0) is 10.0 Å². The van der Waals surface area contributed by atoms with Crippen molar-refractivity contribution < 1.29 is 8.42 Å². The van der Waals surface area contributed by atoms with Crippen molar-refractivity contribution in [3.63, 3.8) is 0 Å². The summed E-state index contributed by atoms with van der Waals surface area (Å²) < 4.78 is 30.3. The molecule has 6 nitrogen and oxygen atoms in total. The van der Waals surface area contributed by atoms with Crippen LogP contribution >= 0.6 is 0 Å². The van der Waals surface area contributed by atoms with E-state index < -0.39 is 10.0 Å². The molecule has 1 aromatic carbocycles. The monoisotopic (exact) mass is 362 g/mol. The second-order valence-electron chi connectivity index (χ2n) is 7.20. The Kier molecular flexibility index (Phi) is 5.24. The first-order valence-corrected chi connectivity index (χ1v) is 10.3. The number of rotatable bonds is 5. The van der Waals surface area contributed by atoms with Gasteiger partial charge in [0.2, 0.25) is 10.0 Å². The molecule has 25 heavy (non-hydrogen) atoms. The Morgan fingerprint density at radius 1 is 1.20 bits per heavy atom. The summed E-state index contributed by atoms with van der Waals surface area (Å²) in [6.45, 7) is 6.40. The van der Waals surface area contributed by atoms with Gasteiger partial charge in [0.05, 0.1) is 4.90 Å². The van der Waals surface area contributed by atoms with Crippen molar-refractivity contribution in [2.45, 2.75) is 57.0 Å². The minimum absolute atomic E-state index is 0.0768. The lowest BCUT2D eigenvalue weighted by atomic mass is 9.76. The quantitative estimate of drug-likeness (QED) is 0.887. The molecule has 1 aliphatic rings. The molecule has 3 rings (SSSR count). The first-order chi connectivity index (χ1) is 11.9. The fraction of sp³-hybridized carbons (Fsp3) is 0.556. The van der Waals surface area contributed by atoms with Crippen molar-refractivity contribution >= 4 is 10.0 Å². The van der Waals surface area contributed by atoms with Gasteiger partial charge in [0.25, 0.3) is 0 Å². The van der Waals surface area contributed by atoms with E-state index in [0.717, 1.165) is 25.1 Å². The summed E-state index contributed by atoms with van der Waals surface area (Å²) >= 11 is 0. The highest BCUT2D eigenvalue weighted by atomic mass is 32.2. The molecule has 1 unspecified atom stereocenters.